The number of rotatable bonds is 3. The van der Waals surface area contributed by atoms with Crippen molar-refractivity contribution in [2.75, 3.05) is 26.3 Å². The zero-order chi connectivity index (χ0) is 12.1. The Morgan fingerprint density at radius 2 is 1.94 bits per heavy atom. The van der Waals surface area contributed by atoms with E-state index in [1.807, 2.05) is 0 Å². The van der Waals surface area contributed by atoms with Gasteiger partial charge in [-0.1, -0.05) is 6.92 Å². The lowest BCUT2D eigenvalue weighted by Gasteiger charge is -2.37. The SMILES string of the molecule is CCC1(C(=O)NC2CCOCC2)CCNCC1.Cl. The van der Waals surface area contributed by atoms with Crippen LogP contribution in [0.4, 0.5) is 0 Å². The van der Waals surface area contributed by atoms with Crippen molar-refractivity contribution < 1.29 is 9.53 Å². The Balaban J connectivity index is 0.00000162. The van der Waals surface area contributed by atoms with Crippen molar-refractivity contribution in [3.05, 3.63) is 0 Å². The Morgan fingerprint density at radius 1 is 1.33 bits per heavy atom. The minimum Gasteiger partial charge on any atom is -0.381 e. The van der Waals surface area contributed by atoms with E-state index in [-0.39, 0.29) is 23.7 Å². The van der Waals surface area contributed by atoms with E-state index in [0.717, 1.165) is 58.4 Å². The van der Waals surface area contributed by atoms with Gasteiger partial charge in [-0.3, -0.25) is 4.79 Å². The lowest BCUT2D eigenvalue weighted by Crippen LogP contribution is -2.51. The second-order valence-corrected chi connectivity index (χ2v) is 5.24. The van der Waals surface area contributed by atoms with E-state index in [9.17, 15) is 4.79 Å². The third-order valence-corrected chi connectivity index (χ3v) is 4.28. The van der Waals surface area contributed by atoms with Crippen LogP contribution in [0.25, 0.3) is 0 Å². The fraction of sp³-hybridized carbons (Fsp3) is 0.923. The molecule has 0 aromatic heterocycles. The number of ether oxygens (including phenoxy) is 1. The zero-order valence-electron chi connectivity index (χ0n) is 11.2. The highest BCUT2D eigenvalue weighted by atomic mass is 35.5. The minimum absolute atomic E-state index is 0. The van der Waals surface area contributed by atoms with Crippen LogP contribution in [0.3, 0.4) is 0 Å². The molecule has 2 N–H and O–H groups in total. The highest BCUT2D eigenvalue weighted by molar-refractivity contribution is 5.85. The lowest BCUT2D eigenvalue weighted by molar-refractivity contribution is -0.134. The molecule has 1 amide bonds. The summed E-state index contributed by atoms with van der Waals surface area (Å²) in [6, 6.07) is 0.328. The predicted octanol–water partition coefficient (Wildman–Crippen LogP) is 1.48. The molecule has 5 heteroatoms. The van der Waals surface area contributed by atoms with E-state index < -0.39 is 0 Å². The summed E-state index contributed by atoms with van der Waals surface area (Å²) in [5.41, 5.74) is -0.121. The van der Waals surface area contributed by atoms with Crippen LogP contribution in [-0.2, 0) is 9.53 Å². The highest BCUT2D eigenvalue weighted by Gasteiger charge is 2.38. The Bertz CT molecular complexity index is 262. The molecule has 2 aliphatic heterocycles. The smallest absolute Gasteiger partial charge is 0.226 e. The van der Waals surface area contributed by atoms with Crippen molar-refractivity contribution in [1.29, 1.82) is 0 Å². The van der Waals surface area contributed by atoms with Crippen LogP contribution in [-0.4, -0.2) is 38.3 Å². The maximum Gasteiger partial charge on any atom is 0.226 e. The number of halogens is 1. The minimum atomic E-state index is -0.121. The molecule has 0 aromatic carbocycles. The first kappa shape index (κ1) is 15.7. The molecule has 4 nitrogen and oxygen atoms in total. The van der Waals surface area contributed by atoms with Gasteiger partial charge in [-0.25, -0.2) is 0 Å². The van der Waals surface area contributed by atoms with Crippen molar-refractivity contribution in [3.8, 4) is 0 Å². The van der Waals surface area contributed by atoms with Crippen LogP contribution in [0, 0.1) is 5.41 Å². The summed E-state index contributed by atoms with van der Waals surface area (Å²) in [7, 11) is 0. The number of nitrogens with one attached hydrogen (secondary N) is 2. The molecule has 0 bridgehead atoms. The number of piperidine rings is 1. The summed E-state index contributed by atoms with van der Waals surface area (Å²) in [6.07, 6.45) is 4.81. The maximum absolute atomic E-state index is 12.4. The van der Waals surface area contributed by atoms with Crippen molar-refractivity contribution in [2.45, 2.75) is 45.1 Å². The molecule has 0 aromatic rings. The topological polar surface area (TPSA) is 50.4 Å². The molecular weight excluding hydrogens is 252 g/mol. The van der Waals surface area contributed by atoms with Crippen LogP contribution in [0.15, 0.2) is 0 Å². The molecule has 0 aliphatic carbocycles. The Kier molecular flexibility index (Phi) is 6.39. The first-order valence-electron chi connectivity index (χ1n) is 6.86. The van der Waals surface area contributed by atoms with Crippen molar-refractivity contribution in [1.82, 2.24) is 10.6 Å². The fourth-order valence-electron chi connectivity index (χ4n) is 2.83. The molecule has 106 valence electrons. The van der Waals surface area contributed by atoms with Crippen LogP contribution < -0.4 is 10.6 Å². The molecule has 2 rings (SSSR count). The van der Waals surface area contributed by atoms with Gasteiger partial charge in [0.2, 0.25) is 5.91 Å². The Morgan fingerprint density at radius 3 is 2.50 bits per heavy atom. The van der Waals surface area contributed by atoms with Crippen LogP contribution in [0.2, 0.25) is 0 Å². The van der Waals surface area contributed by atoms with Gasteiger partial charge in [-0.05, 0) is 45.2 Å². The first-order valence-corrected chi connectivity index (χ1v) is 6.86. The zero-order valence-corrected chi connectivity index (χ0v) is 12.0. The quantitative estimate of drug-likeness (QED) is 0.821. The van der Waals surface area contributed by atoms with E-state index in [0.29, 0.717) is 6.04 Å². The summed E-state index contributed by atoms with van der Waals surface area (Å²) in [6.45, 7) is 5.64. The average molecular weight is 277 g/mol. The van der Waals surface area contributed by atoms with Gasteiger partial charge in [-0.15, -0.1) is 12.4 Å². The van der Waals surface area contributed by atoms with E-state index >= 15 is 0 Å². The molecule has 2 heterocycles. The predicted molar refractivity (Wildman–Crippen MR) is 74.1 cm³/mol. The summed E-state index contributed by atoms with van der Waals surface area (Å²) in [4.78, 5) is 12.4. The maximum atomic E-state index is 12.4. The third kappa shape index (κ3) is 3.59. The largest absolute Gasteiger partial charge is 0.381 e. The monoisotopic (exact) mass is 276 g/mol. The number of hydrogen-bond acceptors (Lipinski definition) is 3. The molecule has 0 atom stereocenters. The van der Waals surface area contributed by atoms with E-state index in [4.69, 9.17) is 4.74 Å². The Hall–Kier alpha value is -0.320. The lowest BCUT2D eigenvalue weighted by atomic mass is 9.75. The molecule has 0 saturated carbocycles. The normalized spacial score (nSPS) is 24.1. The van der Waals surface area contributed by atoms with Gasteiger partial charge in [0.05, 0.1) is 5.41 Å². The summed E-state index contributed by atoms with van der Waals surface area (Å²) in [5.74, 6) is 0.272. The van der Waals surface area contributed by atoms with Gasteiger partial charge in [0.25, 0.3) is 0 Å². The van der Waals surface area contributed by atoms with Gasteiger partial charge >= 0.3 is 0 Å². The van der Waals surface area contributed by atoms with Gasteiger partial charge in [0.1, 0.15) is 0 Å². The van der Waals surface area contributed by atoms with Gasteiger partial charge in [-0.2, -0.15) is 0 Å². The van der Waals surface area contributed by atoms with Gasteiger partial charge in [0.15, 0.2) is 0 Å². The number of carbonyl (C=O) groups excluding carboxylic acids is 1. The highest BCUT2D eigenvalue weighted by Crippen LogP contribution is 2.33. The van der Waals surface area contributed by atoms with E-state index in [1.165, 1.54) is 0 Å². The standard InChI is InChI=1S/C13H24N2O2.ClH/c1-2-13(5-7-14-8-6-13)12(16)15-11-3-9-17-10-4-11;/h11,14H,2-10H2,1H3,(H,15,16);1H. The van der Waals surface area contributed by atoms with Crippen molar-refractivity contribution in [2.24, 2.45) is 5.41 Å². The van der Waals surface area contributed by atoms with Crippen molar-refractivity contribution in [3.63, 3.8) is 0 Å². The average Bonchev–Trinajstić information content (AvgIpc) is 2.40. The van der Waals surface area contributed by atoms with Crippen LogP contribution in [0.1, 0.15) is 39.0 Å². The molecular formula is C13H25ClN2O2. The second-order valence-electron chi connectivity index (χ2n) is 5.24. The van der Waals surface area contributed by atoms with Gasteiger partial charge in [0, 0.05) is 19.3 Å². The molecule has 18 heavy (non-hydrogen) atoms. The molecule has 2 fully saturated rings. The number of amides is 1. The summed E-state index contributed by atoms with van der Waals surface area (Å²) in [5, 5.41) is 6.57. The third-order valence-electron chi connectivity index (χ3n) is 4.28. The fourth-order valence-corrected chi connectivity index (χ4v) is 2.83. The van der Waals surface area contributed by atoms with Crippen molar-refractivity contribution >= 4 is 18.3 Å². The summed E-state index contributed by atoms with van der Waals surface area (Å²) >= 11 is 0. The number of carbonyl (C=O) groups is 1. The summed E-state index contributed by atoms with van der Waals surface area (Å²) < 4.78 is 5.32. The first-order chi connectivity index (χ1) is 8.27. The molecule has 0 radical (unpaired) electrons. The van der Waals surface area contributed by atoms with Crippen LogP contribution in [0.5, 0.6) is 0 Å². The van der Waals surface area contributed by atoms with E-state index in [1.54, 1.807) is 0 Å². The molecule has 0 unspecified atom stereocenters. The molecule has 2 saturated heterocycles. The molecule has 0 spiro atoms. The number of hydrogen-bond donors (Lipinski definition) is 2. The van der Waals surface area contributed by atoms with Crippen LogP contribution >= 0.6 is 12.4 Å². The van der Waals surface area contributed by atoms with E-state index in [2.05, 4.69) is 17.6 Å². The van der Waals surface area contributed by atoms with Gasteiger partial charge < -0.3 is 15.4 Å². The Labute approximate surface area is 116 Å². The molecule has 2 aliphatic rings. The second kappa shape index (κ2) is 7.31.